The molecule has 26 heavy (non-hydrogen) atoms. The summed E-state index contributed by atoms with van der Waals surface area (Å²) in [5.74, 6) is 0.663. The summed E-state index contributed by atoms with van der Waals surface area (Å²) in [5, 5.41) is 0. The summed E-state index contributed by atoms with van der Waals surface area (Å²) < 4.78 is 56.8. The van der Waals surface area contributed by atoms with Crippen LogP contribution in [0.4, 0.5) is 0 Å². The van der Waals surface area contributed by atoms with Gasteiger partial charge in [-0.3, -0.25) is 0 Å². The molecule has 0 saturated heterocycles. The Balaban J connectivity index is 2.38. The highest BCUT2D eigenvalue weighted by atomic mass is 32.2. The maximum atomic E-state index is 12.8. The molecule has 0 aliphatic carbocycles. The molecule has 2 aromatic carbocycles. The van der Waals surface area contributed by atoms with Gasteiger partial charge < -0.3 is 4.74 Å². The summed E-state index contributed by atoms with van der Waals surface area (Å²) >= 11 is 0. The van der Waals surface area contributed by atoms with Gasteiger partial charge in [0.25, 0.3) is 0 Å². The summed E-state index contributed by atoms with van der Waals surface area (Å²) in [5.41, 5.74) is 0.795. The summed E-state index contributed by atoms with van der Waals surface area (Å²) in [6.45, 7) is 3.81. The molecule has 1 N–H and O–H groups in total. The minimum absolute atomic E-state index is 0.0174. The molecule has 8 heteroatoms. The molecule has 0 spiro atoms. The van der Waals surface area contributed by atoms with Crippen molar-refractivity contribution in [2.75, 3.05) is 13.4 Å². The lowest BCUT2D eigenvalue weighted by Gasteiger charge is -2.23. The molecule has 142 valence electrons. The van der Waals surface area contributed by atoms with Crippen LogP contribution >= 0.6 is 0 Å². The van der Waals surface area contributed by atoms with E-state index in [1.807, 2.05) is 13.8 Å². The Morgan fingerprint density at radius 3 is 2.00 bits per heavy atom. The molecule has 2 rings (SSSR count). The lowest BCUT2D eigenvalue weighted by molar-refractivity contribution is 0.413. The minimum atomic E-state index is -3.90. The fraction of sp³-hybridized carbons (Fsp3) is 0.333. The highest BCUT2D eigenvalue weighted by molar-refractivity contribution is 7.91. The molecule has 0 fully saturated rings. The Hall–Kier alpha value is -1.90. The van der Waals surface area contributed by atoms with E-state index in [1.165, 1.54) is 24.3 Å². The second-order valence-corrected chi connectivity index (χ2v) is 10.1. The van der Waals surface area contributed by atoms with E-state index < -0.39 is 25.9 Å². The van der Waals surface area contributed by atoms with Gasteiger partial charge in [-0.25, -0.2) is 21.6 Å². The van der Waals surface area contributed by atoms with E-state index in [0.717, 1.165) is 11.8 Å². The van der Waals surface area contributed by atoms with Crippen LogP contribution in [-0.4, -0.2) is 30.2 Å². The third kappa shape index (κ3) is 4.84. The average Bonchev–Trinajstić information content (AvgIpc) is 2.59. The van der Waals surface area contributed by atoms with Gasteiger partial charge in [0, 0.05) is 12.3 Å². The van der Waals surface area contributed by atoms with Crippen molar-refractivity contribution < 1.29 is 21.6 Å². The Morgan fingerprint density at radius 2 is 1.50 bits per heavy atom. The van der Waals surface area contributed by atoms with E-state index in [-0.39, 0.29) is 15.7 Å². The van der Waals surface area contributed by atoms with E-state index in [4.69, 9.17) is 4.74 Å². The predicted molar refractivity (Wildman–Crippen MR) is 100 cm³/mol. The van der Waals surface area contributed by atoms with E-state index >= 15 is 0 Å². The maximum absolute atomic E-state index is 12.8. The lowest BCUT2D eigenvalue weighted by Crippen LogP contribution is -2.31. The number of benzene rings is 2. The van der Waals surface area contributed by atoms with Crippen molar-refractivity contribution in [1.82, 2.24) is 4.72 Å². The Labute approximate surface area is 155 Å². The van der Waals surface area contributed by atoms with Crippen LogP contribution in [0, 0.1) is 5.92 Å². The first-order valence-corrected chi connectivity index (χ1v) is 11.4. The van der Waals surface area contributed by atoms with Crippen LogP contribution in [0.2, 0.25) is 0 Å². The molecular formula is C18H23NO5S2. The quantitative estimate of drug-likeness (QED) is 0.776. The fourth-order valence-electron chi connectivity index (χ4n) is 2.51. The summed E-state index contributed by atoms with van der Waals surface area (Å²) in [7, 11) is -5.83. The zero-order chi connectivity index (χ0) is 19.5. The van der Waals surface area contributed by atoms with Gasteiger partial charge in [0.1, 0.15) is 5.75 Å². The zero-order valence-electron chi connectivity index (χ0n) is 15.1. The number of ether oxygens (including phenoxy) is 1. The van der Waals surface area contributed by atoms with Gasteiger partial charge in [-0.2, -0.15) is 0 Å². The Morgan fingerprint density at radius 1 is 0.923 bits per heavy atom. The van der Waals surface area contributed by atoms with Crippen LogP contribution in [0.5, 0.6) is 5.75 Å². The van der Waals surface area contributed by atoms with Crippen molar-refractivity contribution in [3.8, 4) is 5.75 Å². The molecule has 0 radical (unpaired) electrons. The molecule has 0 bridgehead atoms. The number of nitrogens with one attached hydrogen (secondary N) is 1. The molecule has 2 aromatic rings. The van der Waals surface area contributed by atoms with Crippen molar-refractivity contribution in [3.05, 3.63) is 54.1 Å². The van der Waals surface area contributed by atoms with E-state index in [1.54, 1.807) is 31.4 Å². The van der Waals surface area contributed by atoms with Gasteiger partial charge in [-0.05, 0) is 41.8 Å². The average molecular weight is 398 g/mol. The lowest BCUT2D eigenvalue weighted by atomic mass is 9.97. The van der Waals surface area contributed by atoms with Crippen molar-refractivity contribution >= 4 is 19.9 Å². The first kappa shape index (κ1) is 20.4. The highest BCUT2D eigenvalue weighted by Gasteiger charge is 2.25. The maximum Gasteiger partial charge on any atom is 0.241 e. The predicted octanol–water partition coefficient (Wildman–Crippen LogP) is 2.77. The zero-order valence-corrected chi connectivity index (χ0v) is 16.8. The minimum Gasteiger partial charge on any atom is -0.497 e. The molecular weight excluding hydrogens is 374 g/mol. The van der Waals surface area contributed by atoms with E-state index in [0.29, 0.717) is 5.75 Å². The Bertz CT molecular complexity index is 965. The summed E-state index contributed by atoms with van der Waals surface area (Å²) in [6, 6.07) is 12.0. The first-order valence-electron chi connectivity index (χ1n) is 8.01. The molecule has 0 saturated carbocycles. The number of hydrogen-bond acceptors (Lipinski definition) is 5. The second-order valence-electron chi connectivity index (χ2n) is 6.36. The summed E-state index contributed by atoms with van der Waals surface area (Å²) in [6.07, 6.45) is 1.04. The molecule has 1 unspecified atom stereocenters. The molecule has 0 heterocycles. The number of rotatable bonds is 7. The van der Waals surface area contributed by atoms with Gasteiger partial charge in [-0.15, -0.1) is 0 Å². The van der Waals surface area contributed by atoms with Gasteiger partial charge in [0.15, 0.2) is 9.84 Å². The second kappa shape index (κ2) is 7.77. The number of sulfonamides is 1. The largest absolute Gasteiger partial charge is 0.497 e. The van der Waals surface area contributed by atoms with Crippen LogP contribution in [-0.2, 0) is 19.9 Å². The summed E-state index contributed by atoms with van der Waals surface area (Å²) in [4.78, 5) is -0.120. The first-order chi connectivity index (χ1) is 12.0. The molecule has 0 aliphatic rings. The fourth-order valence-corrected chi connectivity index (χ4v) is 4.67. The number of sulfone groups is 1. The van der Waals surface area contributed by atoms with Gasteiger partial charge in [0.05, 0.1) is 16.9 Å². The van der Waals surface area contributed by atoms with Gasteiger partial charge in [0.2, 0.25) is 10.0 Å². The monoisotopic (exact) mass is 397 g/mol. The van der Waals surface area contributed by atoms with Crippen LogP contribution in [0.1, 0.15) is 25.5 Å². The van der Waals surface area contributed by atoms with Crippen LogP contribution in [0.25, 0.3) is 0 Å². The number of methoxy groups -OCH3 is 1. The topological polar surface area (TPSA) is 89.5 Å². The molecule has 0 aliphatic heterocycles. The van der Waals surface area contributed by atoms with E-state index in [2.05, 4.69) is 4.72 Å². The molecule has 6 nitrogen and oxygen atoms in total. The van der Waals surface area contributed by atoms with Crippen LogP contribution in [0.15, 0.2) is 58.3 Å². The van der Waals surface area contributed by atoms with Crippen molar-refractivity contribution in [2.45, 2.75) is 29.7 Å². The van der Waals surface area contributed by atoms with Crippen molar-refractivity contribution in [3.63, 3.8) is 0 Å². The molecule has 1 atom stereocenters. The Kier molecular flexibility index (Phi) is 6.10. The third-order valence-electron chi connectivity index (χ3n) is 3.97. The number of hydrogen-bond donors (Lipinski definition) is 1. The van der Waals surface area contributed by atoms with Crippen molar-refractivity contribution in [1.29, 1.82) is 0 Å². The van der Waals surface area contributed by atoms with Gasteiger partial charge in [-0.1, -0.05) is 32.0 Å². The standard InChI is InChI=1S/C18H23NO5S2/c1-13(2)18(14-8-10-15(24-3)11-9-14)19-26(22,23)17-7-5-6-16(12-17)25(4,20)21/h5-13,18-19H,1-4H3. The molecule has 0 amide bonds. The molecule has 0 aromatic heterocycles. The van der Waals surface area contributed by atoms with E-state index in [9.17, 15) is 16.8 Å². The van der Waals surface area contributed by atoms with Crippen LogP contribution < -0.4 is 9.46 Å². The normalized spacial score (nSPS) is 13.6. The smallest absolute Gasteiger partial charge is 0.241 e. The van der Waals surface area contributed by atoms with Crippen LogP contribution in [0.3, 0.4) is 0 Å². The SMILES string of the molecule is COc1ccc(C(NS(=O)(=O)c2cccc(S(C)(=O)=O)c2)C(C)C)cc1. The van der Waals surface area contributed by atoms with Gasteiger partial charge >= 0.3 is 0 Å². The van der Waals surface area contributed by atoms with Crippen molar-refractivity contribution in [2.24, 2.45) is 5.92 Å². The third-order valence-corrected chi connectivity index (χ3v) is 6.52. The highest BCUT2D eigenvalue weighted by Crippen LogP contribution is 2.26.